The lowest BCUT2D eigenvalue weighted by Crippen LogP contribution is -2.09. The number of carboxylic acids is 1. The minimum absolute atomic E-state index is 0.0359. The highest BCUT2D eigenvalue weighted by Crippen LogP contribution is 2.32. The number of carbonyl (C=O) groups is 1. The fourth-order valence-electron chi connectivity index (χ4n) is 4.22. The maximum Gasteiger partial charge on any atom is 0.304 e. The number of H-pyrrole nitrogens is 1. The Kier molecular flexibility index (Phi) is 8.62. The molecular formula is C31H34N2O4. The summed E-state index contributed by atoms with van der Waals surface area (Å²) in [7, 11) is 0. The quantitative estimate of drug-likeness (QED) is 0.204. The van der Waals surface area contributed by atoms with Gasteiger partial charge in [-0.25, -0.2) is 4.98 Å². The minimum atomic E-state index is -0.867. The summed E-state index contributed by atoms with van der Waals surface area (Å²) in [4.78, 5) is 18.9. The lowest BCUT2D eigenvalue weighted by molar-refractivity contribution is -0.137. The van der Waals surface area contributed by atoms with Crippen molar-refractivity contribution in [3.63, 3.8) is 0 Å². The van der Waals surface area contributed by atoms with Crippen LogP contribution in [-0.4, -0.2) is 27.7 Å². The highest BCUT2D eigenvalue weighted by Gasteiger charge is 2.20. The second-order valence-corrected chi connectivity index (χ2v) is 9.36. The largest absolute Gasteiger partial charge is 0.493 e. The predicted molar refractivity (Wildman–Crippen MR) is 145 cm³/mol. The van der Waals surface area contributed by atoms with Crippen LogP contribution >= 0.6 is 0 Å². The highest BCUT2D eigenvalue weighted by atomic mass is 16.5. The molecule has 0 saturated carbocycles. The number of nitrogens with one attached hydrogen (secondary N) is 1. The smallest absolute Gasteiger partial charge is 0.304 e. The second-order valence-electron chi connectivity index (χ2n) is 9.36. The lowest BCUT2D eigenvalue weighted by Gasteiger charge is -2.14. The molecule has 0 aliphatic heterocycles. The Morgan fingerprint density at radius 3 is 2.41 bits per heavy atom. The molecule has 0 amide bonds. The average molecular weight is 499 g/mol. The molecule has 2 N–H and O–H groups in total. The van der Waals surface area contributed by atoms with E-state index in [-0.39, 0.29) is 12.3 Å². The Morgan fingerprint density at radius 2 is 1.76 bits per heavy atom. The molecule has 0 radical (unpaired) electrons. The van der Waals surface area contributed by atoms with Crippen molar-refractivity contribution >= 4 is 5.97 Å². The zero-order valence-electron chi connectivity index (χ0n) is 21.7. The summed E-state index contributed by atoms with van der Waals surface area (Å²) in [6, 6.07) is 22.2. The van der Waals surface area contributed by atoms with Crippen molar-refractivity contribution in [1.29, 1.82) is 0 Å². The van der Waals surface area contributed by atoms with Crippen molar-refractivity contribution < 1.29 is 19.4 Å². The minimum Gasteiger partial charge on any atom is -0.493 e. The van der Waals surface area contributed by atoms with E-state index >= 15 is 0 Å². The van der Waals surface area contributed by atoms with Crippen LogP contribution in [0.2, 0.25) is 0 Å². The molecule has 3 aromatic carbocycles. The number of unbranched alkanes of at least 4 members (excludes halogenated alkanes) is 1. The number of hydrogen-bond acceptors (Lipinski definition) is 4. The van der Waals surface area contributed by atoms with Crippen LogP contribution in [0, 0.1) is 13.8 Å². The third-order valence-electron chi connectivity index (χ3n) is 6.27. The first-order valence-electron chi connectivity index (χ1n) is 12.7. The summed E-state index contributed by atoms with van der Waals surface area (Å²) in [6.45, 7) is 7.30. The molecule has 6 nitrogen and oxygen atoms in total. The van der Waals surface area contributed by atoms with E-state index in [9.17, 15) is 9.90 Å². The van der Waals surface area contributed by atoms with Crippen LogP contribution in [0.5, 0.6) is 11.5 Å². The number of aryl methyl sites for hydroxylation is 2. The number of nitrogens with zero attached hydrogens (tertiary/aromatic N) is 1. The SMILES string of the molecule is CCCCOc1ccc(C)cc1-c1ccc(COc2ccc([C@H](CC(=O)O)c3ncc(C)[nH]3)cc2)cc1. The molecule has 0 bridgehead atoms. The summed E-state index contributed by atoms with van der Waals surface area (Å²) in [5, 5.41) is 9.37. The monoisotopic (exact) mass is 498 g/mol. The van der Waals surface area contributed by atoms with Crippen LogP contribution in [0.15, 0.2) is 72.9 Å². The molecule has 4 aromatic rings. The number of aromatic amines is 1. The Morgan fingerprint density at radius 1 is 1.00 bits per heavy atom. The highest BCUT2D eigenvalue weighted by molar-refractivity contribution is 5.71. The third-order valence-corrected chi connectivity index (χ3v) is 6.27. The van der Waals surface area contributed by atoms with Gasteiger partial charge in [0.15, 0.2) is 0 Å². The number of ether oxygens (including phenoxy) is 2. The van der Waals surface area contributed by atoms with E-state index in [1.807, 2.05) is 31.2 Å². The molecule has 0 aliphatic carbocycles. The average Bonchev–Trinajstić information content (AvgIpc) is 3.33. The summed E-state index contributed by atoms with van der Waals surface area (Å²) < 4.78 is 12.0. The van der Waals surface area contributed by atoms with Crippen LogP contribution in [0.3, 0.4) is 0 Å². The fraction of sp³-hybridized carbons (Fsp3) is 0.290. The first-order valence-corrected chi connectivity index (χ1v) is 12.7. The predicted octanol–water partition coefficient (Wildman–Crippen LogP) is 7.06. The van der Waals surface area contributed by atoms with Gasteiger partial charge >= 0.3 is 5.97 Å². The van der Waals surface area contributed by atoms with Gasteiger partial charge in [0.1, 0.15) is 23.9 Å². The van der Waals surface area contributed by atoms with Crippen molar-refractivity contribution in [2.75, 3.05) is 6.61 Å². The van der Waals surface area contributed by atoms with E-state index in [1.165, 1.54) is 5.56 Å². The van der Waals surface area contributed by atoms with Gasteiger partial charge in [0.05, 0.1) is 18.9 Å². The topological polar surface area (TPSA) is 84.4 Å². The zero-order chi connectivity index (χ0) is 26.2. The standard InChI is InChI=1S/C31H34N2O4/c1-4-5-16-36-29-15-6-21(2)17-27(29)24-9-7-23(8-10-24)20-37-26-13-11-25(12-14-26)28(18-30(34)35)31-32-19-22(3)33-31/h6-15,17,19,28H,4-5,16,18,20H2,1-3H3,(H,32,33)(H,34,35)/t28-/m0/s1. The summed E-state index contributed by atoms with van der Waals surface area (Å²) in [5.74, 6) is 1.08. The fourth-order valence-corrected chi connectivity index (χ4v) is 4.22. The van der Waals surface area contributed by atoms with Gasteiger partial charge in [-0.3, -0.25) is 4.79 Å². The van der Waals surface area contributed by atoms with Crippen LogP contribution < -0.4 is 9.47 Å². The van der Waals surface area contributed by atoms with E-state index < -0.39 is 5.97 Å². The van der Waals surface area contributed by atoms with Crippen LogP contribution in [-0.2, 0) is 11.4 Å². The molecular weight excluding hydrogens is 464 g/mol. The molecule has 6 heteroatoms. The molecule has 0 unspecified atom stereocenters. The van der Waals surface area contributed by atoms with Crippen molar-refractivity contribution in [1.82, 2.24) is 9.97 Å². The van der Waals surface area contributed by atoms with Crippen molar-refractivity contribution in [2.45, 2.75) is 52.6 Å². The van der Waals surface area contributed by atoms with Gasteiger partial charge in [0.2, 0.25) is 0 Å². The molecule has 1 atom stereocenters. The third kappa shape index (κ3) is 7.00. The van der Waals surface area contributed by atoms with Gasteiger partial charge in [-0.05, 0) is 61.2 Å². The summed E-state index contributed by atoms with van der Waals surface area (Å²) >= 11 is 0. The maximum atomic E-state index is 11.4. The summed E-state index contributed by atoms with van der Waals surface area (Å²) in [5.41, 5.74) is 6.25. The number of benzene rings is 3. The van der Waals surface area contributed by atoms with E-state index in [1.54, 1.807) is 6.20 Å². The normalized spacial score (nSPS) is 11.8. The number of carboxylic acid groups (broad SMARTS) is 1. The molecule has 37 heavy (non-hydrogen) atoms. The molecule has 0 fully saturated rings. The van der Waals surface area contributed by atoms with Crippen LogP contribution in [0.1, 0.15) is 60.3 Å². The Hall–Kier alpha value is -4.06. The number of aromatic nitrogens is 2. The van der Waals surface area contributed by atoms with Crippen molar-refractivity contribution in [3.05, 3.63) is 101 Å². The lowest BCUT2D eigenvalue weighted by atomic mass is 9.95. The van der Waals surface area contributed by atoms with Gasteiger partial charge in [-0.2, -0.15) is 0 Å². The first-order chi connectivity index (χ1) is 17.9. The number of hydrogen-bond donors (Lipinski definition) is 2. The molecule has 0 aliphatic rings. The number of rotatable bonds is 12. The first kappa shape index (κ1) is 26.0. The Balaban J connectivity index is 1.41. The van der Waals surface area contributed by atoms with E-state index in [0.29, 0.717) is 12.4 Å². The Labute approximate surface area is 218 Å². The molecule has 1 aromatic heterocycles. The van der Waals surface area contributed by atoms with Gasteiger partial charge in [0, 0.05) is 17.5 Å². The van der Waals surface area contributed by atoms with Gasteiger partial charge < -0.3 is 19.6 Å². The molecule has 4 rings (SSSR count). The molecule has 0 spiro atoms. The maximum absolute atomic E-state index is 11.4. The van der Waals surface area contributed by atoms with E-state index in [4.69, 9.17) is 9.47 Å². The van der Waals surface area contributed by atoms with Gasteiger partial charge in [-0.15, -0.1) is 0 Å². The van der Waals surface area contributed by atoms with E-state index in [2.05, 4.69) is 66.3 Å². The Bertz CT molecular complexity index is 1310. The van der Waals surface area contributed by atoms with E-state index in [0.717, 1.165) is 58.9 Å². The second kappa shape index (κ2) is 12.3. The molecule has 192 valence electrons. The molecule has 0 saturated heterocycles. The van der Waals surface area contributed by atoms with Crippen molar-refractivity contribution in [2.24, 2.45) is 0 Å². The number of imidazole rings is 1. The summed E-state index contributed by atoms with van der Waals surface area (Å²) in [6.07, 6.45) is 3.82. The van der Waals surface area contributed by atoms with Gasteiger partial charge in [0.25, 0.3) is 0 Å². The van der Waals surface area contributed by atoms with Crippen LogP contribution in [0.4, 0.5) is 0 Å². The number of aliphatic carboxylic acids is 1. The van der Waals surface area contributed by atoms with Crippen LogP contribution in [0.25, 0.3) is 11.1 Å². The molecule has 1 heterocycles. The van der Waals surface area contributed by atoms with Gasteiger partial charge in [-0.1, -0.05) is 61.4 Å². The van der Waals surface area contributed by atoms with Crippen molar-refractivity contribution in [3.8, 4) is 22.6 Å². The zero-order valence-corrected chi connectivity index (χ0v) is 21.7.